The van der Waals surface area contributed by atoms with Gasteiger partial charge in [0.1, 0.15) is 5.75 Å². The van der Waals surface area contributed by atoms with Crippen LogP contribution in [0, 0.1) is 0 Å². The zero-order valence-electron chi connectivity index (χ0n) is 20.6. The topological polar surface area (TPSA) is 54.0 Å². The molecule has 2 heterocycles. The van der Waals surface area contributed by atoms with Gasteiger partial charge in [0.2, 0.25) is 5.91 Å². The predicted octanol–water partition coefficient (Wildman–Crippen LogP) is 4.66. The number of amides is 1. The second-order valence-electron chi connectivity index (χ2n) is 9.02. The van der Waals surface area contributed by atoms with E-state index in [0.717, 1.165) is 56.3 Å². The Kier molecular flexibility index (Phi) is 9.31. The standard InChI is InChI=1S/C28H35N3O3S/c1-22(18-27-4-3-17-35-27)31(20-24-7-11-26(33-2)12-8-24)21-28(32)29-25-9-5-23(6-10-25)19-30-13-15-34-16-14-30/h3-12,17,22H,13-16,18-21H2,1-2H3,(H,29,32). The molecule has 0 spiro atoms. The Morgan fingerprint density at radius 3 is 2.46 bits per heavy atom. The van der Waals surface area contributed by atoms with Crippen molar-refractivity contribution >= 4 is 22.9 Å². The Hall–Kier alpha value is -2.71. The van der Waals surface area contributed by atoms with Crippen LogP contribution in [0.25, 0.3) is 0 Å². The lowest BCUT2D eigenvalue weighted by Gasteiger charge is -2.28. The molecule has 1 aliphatic rings. The molecule has 0 radical (unpaired) electrons. The Labute approximate surface area is 212 Å². The third-order valence-electron chi connectivity index (χ3n) is 6.34. The zero-order chi connectivity index (χ0) is 24.5. The van der Waals surface area contributed by atoms with E-state index in [1.54, 1.807) is 18.4 Å². The molecule has 0 aliphatic carbocycles. The van der Waals surface area contributed by atoms with E-state index >= 15 is 0 Å². The van der Waals surface area contributed by atoms with E-state index < -0.39 is 0 Å². The van der Waals surface area contributed by atoms with Gasteiger partial charge in [-0.1, -0.05) is 30.3 Å². The maximum absolute atomic E-state index is 13.0. The highest BCUT2D eigenvalue weighted by molar-refractivity contribution is 7.09. The first-order valence-electron chi connectivity index (χ1n) is 12.2. The molecular weight excluding hydrogens is 458 g/mol. The monoisotopic (exact) mass is 493 g/mol. The van der Waals surface area contributed by atoms with Crippen LogP contribution in [-0.4, -0.2) is 61.7 Å². The molecule has 35 heavy (non-hydrogen) atoms. The maximum atomic E-state index is 13.0. The smallest absolute Gasteiger partial charge is 0.238 e. The number of carbonyl (C=O) groups is 1. The molecule has 1 atom stereocenters. The molecule has 1 aromatic heterocycles. The van der Waals surface area contributed by atoms with Crippen LogP contribution in [0.3, 0.4) is 0 Å². The fourth-order valence-electron chi connectivity index (χ4n) is 4.28. The largest absolute Gasteiger partial charge is 0.497 e. The van der Waals surface area contributed by atoms with Crippen LogP contribution in [0.15, 0.2) is 66.0 Å². The van der Waals surface area contributed by atoms with Crippen molar-refractivity contribution in [2.75, 3.05) is 45.3 Å². The summed E-state index contributed by atoms with van der Waals surface area (Å²) >= 11 is 1.76. The van der Waals surface area contributed by atoms with E-state index in [2.05, 4.69) is 63.8 Å². The van der Waals surface area contributed by atoms with E-state index in [-0.39, 0.29) is 11.9 Å². The Morgan fingerprint density at radius 1 is 1.09 bits per heavy atom. The SMILES string of the molecule is COc1ccc(CN(CC(=O)Nc2ccc(CN3CCOCC3)cc2)C(C)Cc2cccs2)cc1. The first-order chi connectivity index (χ1) is 17.1. The second-order valence-corrected chi connectivity index (χ2v) is 10.1. The molecule has 0 bridgehead atoms. The normalized spacial score (nSPS) is 15.2. The van der Waals surface area contributed by atoms with Crippen molar-refractivity contribution in [3.05, 3.63) is 82.0 Å². The van der Waals surface area contributed by atoms with E-state index in [9.17, 15) is 4.79 Å². The summed E-state index contributed by atoms with van der Waals surface area (Å²) < 4.78 is 10.7. The minimum Gasteiger partial charge on any atom is -0.497 e. The average molecular weight is 494 g/mol. The summed E-state index contributed by atoms with van der Waals surface area (Å²) in [6, 6.07) is 20.7. The molecule has 1 fully saturated rings. The summed E-state index contributed by atoms with van der Waals surface area (Å²) in [5, 5.41) is 5.19. The number of thiophene rings is 1. The molecule has 4 rings (SSSR count). The number of carbonyl (C=O) groups excluding carboxylic acids is 1. The molecular formula is C28H35N3O3S. The van der Waals surface area contributed by atoms with Gasteiger partial charge in [-0.25, -0.2) is 0 Å². The second kappa shape index (κ2) is 12.8. The van der Waals surface area contributed by atoms with Gasteiger partial charge in [-0.05, 0) is 60.2 Å². The number of anilines is 1. The number of methoxy groups -OCH3 is 1. The Balaban J connectivity index is 1.36. The number of benzene rings is 2. The lowest BCUT2D eigenvalue weighted by molar-refractivity contribution is -0.118. The number of morpholine rings is 1. The van der Waals surface area contributed by atoms with Gasteiger partial charge in [0.25, 0.3) is 0 Å². The minimum absolute atomic E-state index is 0.00234. The van der Waals surface area contributed by atoms with E-state index in [0.29, 0.717) is 13.1 Å². The Bertz CT molecular complexity index is 1030. The summed E-state index contributed by atoms with van der Waals surface area (Å²) in [4.78, 5) is 19.0. The third-order valence-corrected chi connectivity index (χ3v) is 7.24. The highest BCUT2D eigenvalue weighted by atomic mass is 32.1. The van der Waals surface area contributed by atoms with Gasteiger partial charge in [-0.2, -0.15) is 0 Å². The minimum atomic E-state index is -0.00234. The van der Waals surface area contributed by atoms with Crippen LogP contribution in [0.1, 0.15) is 22.9 Å². The predicted molar refractivity (Wildman–Crippen MR) is 142 cm³/mol. The highest BCUT2D eigenvalue weighted by Crippen LogP contribution is 2.19. The summed E-state index contributed by atoms with van der Waals surface area (Å²) in [6.45, 7) is 7.65. The molecule has 7 heteroatoms. The first kappa shape index (κ1) is 25.4. The molecule has 6 nitrogen and oxygen atoms in total. The lowest BCUT2D eigenvalue weighted by atomic mass is 10.1. The molecule has 2 aromatic carbocycles. The van der Waals surface area contributed by atoms with E-state index in [1.807, 2.05) is 24.3 Å². The number of nitrogens with one attached hydrogen (secondary N) is 1. The number of hydrogen-bond donors (Lipinski definition) is 1. The van der Waals surface area contributed by atoms with Crippen LogP contribution in [-0.2, 0) is 29.0 Å². The van der Waals surface area contributed by atoms with Gasteiger partial charge in [0.05, 0.1) is 26.9 Å². The summed E-state index contributed by atoms with van der Waals surface area (Å²) in [5.74, 6) is 0.833. The van der Waals surface area contributed by atoms with Crippen molar-refractivity contribution in [1.82, 2.24) is 9.80 Å². The van der Waals surface area contributed by atoms with Gasteiger partial charge < -0.3 is 14.8 Å². The van der Waals surface area contributed by atoms with Crippen LogP contribution >= 0.6 is 11.3 Å². The van der Waals surface area contributed by atoms with Gasteiger partial charge in [-0.15, -0.1) is 11.3 Å². The molecule has 3 aromatic rings. The average Bonchev–Trinajstić information content (AvgIpc) is 3.39. The quantitative estimate of drug-likeness (QED) is 0.421. The fraction of sp³-hybridized carbons (Fsp3) is 0.393. The van der Waals surface area contributed by atoms with Gasteiger partial charge >= 0.3 is 0 Å². The number of ether oxygens (including phenoxy) is 2. The van der Waals surface area contributed by atoms with Gasteiger partial charge in [0, 0.05) is 42.8 Å². The van der Waals surface area contributed by atoms with Crippen LogP contribution < -0.4 is 10.1 Å². The lowest BCUT2D eigenvalue weighted by Crippen LogP contribution is -2.40. The fourth-order valence-corrected chi connectivity index (χ4v) is 5.10. The summed E-state index contributed by atoms with van der Waals surface area (Å²) in [6.07, 6.45) is 0.914. The molecule has 186 valence electrons. The number of rotatable bonds is 11. The molecule has 1 amide bonds. The van der Waals surface area contributed by atoms with Gasteiger partial charge in [0.15, 0.2) is 0 Å². The van der Waals surface area contributed by atoms with Crippen molar-refractivity contribution in [3.63, 3.8) is 0 Å². The zero-order valence-corrected chi connectivity index (χ0v) is 21.4. The maximum Gasteiger partial charge on any atom is 0.238 e. The molecule has 1 aliphatic heterocycles. The molecule has 0 saturated carbocycles. The summed E-state index contributed by atoms with van der Waals surface area (Å²) in [5.41, 5.74) is 3.23. The highest BCUT2D eigenvalue weighted by Gasteiger charge is 2.19. The first-order valence-corrected chi connectivity index (χ1v) is 13.1. The van der Waals surface area contributed by atoms with Crippen molar-refractivity contribution < 1.29 is 14.3 Å². The number of hydrogen-bond acceptors (Lipinski definition) is 6. The number of nitrogens with zero attached hydrogens (tertiary/aromatic N) is 2. The molecule has 1 saturated heterocycles. The summed E-state index contributed by atoms with van der Waals surface area (Å²) in [7, 11) is 1.67. The van der Waals surface area contributed by atoms with Gasteiger partial charge in [-0.3, -0.25) is 14.6 Å². The van der Waals surface area contributed by atoms with Crippen molar-refractivity contribution in [3.8, 4) is 5.75 Å². The van der Waals surface area contributed by atoms with Crippen molar-refractivity contribution in [2.45, 2.75) is 32.5 Å². The van der Waals surface area contributed by atoms with E-state index in [1.165, 1.54) is 10.4 Å². The molecule has 1 N–H and O–H groups in total. The van der Waals surface area contributed by atoms with Crippen LogP contribution in [0.5, 0.6) is 5.75 Å². The van der Waals surface area contributed by atoms with Crippen molar-refractivity contribution in [1.29, 1.82) is 0 Å². The third kappa shape index (κ3) is 7.90. The molecule has 1 unspecified atom stereocenters. The van der Waals surface area contributed by atoms with E-state index in [4.69, 9.17) is 9.47 Å². The van der Waals surface area contributed by atoms with Crippen LogP contribution in [0.4, 0.5) is 5.69 Å². The Morgan fingerprint density at radius 2 is 1.80 bits per heavy atom. The van der Waals surface area contributed by atoms with Crippen LogP contribution in [0.2, 0.25) is 0 Å². The van der Waals surface area contributed by atoms with Crippen molar-refractivity contribution in [2.24, 2.45) is 0 Å².